The maximum Gasteiger partial charge on any atom is 0.255 e. The Morgan fingerprint density at radius 2 is 2.00 bits per heavy atom. The van der Waals surface area contributed by atoms with Crippen LogP contribution in [0.15, 0.2) is 48.5 Å². The second kappa shape index (κ2) is 5.16. The van der Waals surface area contributed by atoms with Gasteiger partial charge in [-0.1, -0.05) is 18.2 Å². The molecule has 0 fully saturated rings. The molecule has 2 rings (SSSR count). The highest BCUT2D eigenvalue weighted by Gasteiger charge is 2.06. The highest BCUT2D eigenvalue weighted by molar-refractivity contribution is 6.04. The minimum Gasteiger partial charge on any atom is -0.496 e. The van der Waals surface area contributed by atoms with Crippen LogP contribution in [0.5, 0.6) is 5.75 Å². The number of nitrogens with one attached hydrogen (secondary N) is 1. The first-order valence-corrected chi connectivity index (χ1v) is 5.22. The minimum absolute atomic E-state index is 0.163. The lowest BCUT2D eigenvalue weighted by Crippen LogP contribution is -2.11. The molecule has 1 amide bonds. The van der Waals surface area contributed by atoms with E-state index in [1.807, 2.05) is 30.3 Å². The molecule has 0 aliphatic heterocycles. The van der Waals surface area contributed by atoms with E-state index in [-0.39, 0.29) is 5.91 Å². The molecule has 3 heteroatoms. The van der Waals surface area contributed by atoms with Gasteiger partial charge in [-0.25, -0.2) is 0 Å². The van der Waals surface area contributed by atoms with Gasteiger partial charge in [-0.3, -0.25) is 4.79 Å². The van der Waals surface area contributed by atoms with E-state index < -0.39 is 0 Å². The van der Waals surface area contributed by atoms with Gasteiger partial charge in [0.05, 0.1) is 7.11 Å². The highest BCUT2D eigenvalue weighted by atomic mass is 16.5. The van der Waals surface area contributed by atoms with Crippen LogP contribution in [-0.4, -0.2) is 13.0 Å². The maximum atomic E-state index is 11.9. The topological polar surface area (TPSA) is 38.3 Å². The normalized spacial score (nSPS) is 9.71. The number of hydrogen-bond acceptors (Lipinski definition) is 2. The van der Waals surface area contributed by atoms with Crippen LogP contribution in [0.2, 0.25) is 0 Å². The van der Waals surface area contributed by atoms with Gasteiger partial charge < -0.3 is 10.1 Å². The summed E-state index contributed by atoms with van der Waals surface area (Å²) in [5.74, 6) is 0.384. The number of ether oxygens (including phenoxy) is 1. The Bertz CT molecular complexity index is 509. The van der Waals surface area contributed by atoms with Crippen LogP contribution in [0.3, 0.4) is 0 Å². The third-order valence-corrected chi connectivity index (χ3v) is 2.29. The van der Waals surface area contributed by atoms with Crippen molar-refractivity contribution in [2.45, 2.75) is 0 Å². The number of carbonyl (C=O) groups is 1. The first-order chi connectivity index (χ1) is 8.29. The molecule has 1 radical (unpaired) electrons. The van der Waals surface area contributed by atoms with Crippen LogP contribution < -0.4 is 10.1 Å². The Morgan fingerprint density at radius 1 is 1.24 bits per heavy atom. The predicted octanol–water partition coefficient (Wildman–Crippen LogP) is 2.75. The van der Waals surface area contributed by atoms with Crippen LogP contribution in [0.4, 0.5) is 5.69 Å². The lowest BCUT2D eigenvalue weighted by atomic mass is 10.2. The lowest BCUT2D eigenvalue weighted by Gasteiger charge is -2.06. The van der Waals surface area contributed by atoms with E-state index >= 15 is 0 Å². The molecule has 0 unspecified atom stereocenters. The largest absolute Gasteiger partial charge is 0.496 e. The van der Waals surface area contributed by atoms with Crippen molar-refractivity contribution in [1.82, 2.24) is 0 Å². The van der Waals surface area contributed by atoms with Crippen molar-refractivity contribution in [3.63, 3.8) is 0 Å². The number of hydrogen-bond donors (Lipinski definition) is 1. The summed E-state index contributed by atoms with van der Waals surface area (Å²) in [6.07, 6.45) is 0. The zero-order valence-corrected chi connectivity index (χ0v) is 9.44. The van der Waals surface area contributed by atoms with Crippen LogP contribution in [0.25, 0.3) is 0 Å². The van der Waals surface area contributed by atoms with Crippen LogP contribution >= 0.6 is 0 Å². The van der Waals surface area contributed by atoms with Crippen molar-refractivity contribution in [2.75, 3.05) is 12.4 Å². The fourth-order valence-corrected chi connectivity index (χ4v) is 1.43. The summed E-state index contributed by atoms with van der Waals surface area (Å²) < 4.78 is 5.02. The third kappa shape index (κ3) is 2.84. The molecular formula is C14H12NO2. The molecule has 1 N–H and O–H groups in total. The van der Waals surface area contributed by atoms with E-state index in [1.54, 1.807) is 25.3 Å². The fourth-order valence-electron chi connectivity index (χ4n) is 1.43. The lowest BCUT2D eigenvalue weighted by molar-refractivity contribution is 0.102. The number of anilines is 1. The number of carbonyl (C=O) groups excluding carboxylic acids is 1. The fraction of sp³-hybridized carbons (Fsp3) is 0.0714. The van der Waals surface area contributed by atoms with Gasteiger partial charge >= 0.3 is 0 Å². The molecule has 0 heterocycles. The van der Waals surface area contributed by atoms with Crippen molar-refractivity contribution in [2.24, 2.45) is 0 Å². The van der Waals surface area contributed by atoms with E-state index in [2.05, 4.69) is 11.4 Å². The number of amides is 1. The molecule has 0 bridgehead atoms. The quantitative estimate of drug-likeness (QED) is 0.873. The van der Waals surface area contributed by atoms with Crippen molar-refractivity contribution in [1.29, 1.82) is 0 Å². The van der Waals surface area contributed by atoms with Gasteiger partial charge in [0.1, 0.15) is 5.75 Å². The van der Waals surface area contributed by atoms with Gasteiger partial charge in [-0.05, 0) is 30.3 Å². The van der Waals surface area contributed by atoms with E-state index in [1.165, 1.54) is 0 Å². The zero-order valence-electron chi connectivity index (χ0n) is 9.44. The molecule has 2 aromatic carbocycles. The van der Waals surface area contributed by atoms with E-state index in [0.717, 1.165) is 5.69 Å². The van der Waals surface area contributed by atoms with Crippen molar-refractivity contribution >= 4 is 11.6 Å². The van der Waals surface area contributed by atoms with Crippen molar-refractivity contribution < 1.29 is 9.53 Å². The second-order valence-electron chi connectivity index (χ2n) is 3.47. The van der Waals surface area contributed by atoms with Gasteiger partial charge in [0.15, 0.2) is 0 Å². The Hall–Kier alpha value is -2.29. The van der Waals surface area contributed by atoms with E-state index in [4.69, 9.17) is 4.74 Å². The number of benzene rings is 2. The number of rotatable bonds is 3. The summed E-state index contributed by atoms with van der Waals surface area (Å²) in [7, 11) is 1.55. The Kier molecular flexibility index (Phi) is 3.40. The van der Waals surface area contributed by atoms with Gasteiger partial charge in [0.2, 0.25) is 0 Å². The third-order valence-electron chi connectivity index (χ3n) is 2.29. The number of methoxy groups -OCH3 is 1. The van der Waals surface area contributed by atoms with Gasteiger partial charge in [-0.15, -0.1) is 0 Å². The molecule has 0 aliphatic carbocycles. The van der Waals surface area contributed by atoms with E-state index in [0.29, 0.717) is 11.3 Å². The summed E-state index contributed by atoms with van der Waals surface area (Å²) in [6.45, 7) is 0. The average Bonchev–Trinajstić information content (AvgIpc) is 2.40. The van der Waals surface area contributed by atoms with Crippen molar-refractivity contribution in [3.05, 3.63) is 60.2 Å². The van der Waals surface area contributed by atoms with Crippen LogP contribution in [-0.2, 0) is 0 Å². The molecule has 3 nitrogen and oxygen atoms in total. The molecule has 0 spiro atoms. The molecule has 17 heavy (non-hydrogen) atoms. The molecule has 85 valence electrons. The highest BCUT2D eigenvalue weighted by Crippen LogP contribution is 2.14. The average molecular weight is 226 g/mol. The van der Waals surface area contributed by atoms with Crippen LogP contribution in [0.1, 0.15) is 10.4 Å². The van der Waals surface area contributed by atoms with Crippen molar-refractivity contribution in [3.8, 4) is 5.75 Å². The Labute approximate surface area is 100 Å². The van der Waals surface area contributed by atoms with E-state index in [9.17, 15) is 4.79 Å². The zero-order chi connectivity index (χ0) is 12.1. The minimum atomic E-state index is -0.163. The maximum absolute atomic E-state index is 11.9. The van der Waals surface area contributed by atoms with Gasteiger partial charge in [0.25, 0.3) is 5.91 Å². The summed E-state index contributed by atoms with van der Waals surface area (Å²) in [4.78, 5) is 11.9. The molecule has 2 aromatic rings. The summed E-state index contributed by atoms with van der Waals surface area (Å²) >= 11 is 0. The standard InChI is InChI=1S/C14H12NO2/c1-17-13-9-5-6-11(10-13)14(16)15-12-7-3-2-4-8-12/h2-8,10H,1H3,(H,15,16). The Balaban J connectivity index is 2.14. The summed E-state index contributed by atoms with van der Waals surface area (Å²) in [5, 5.41) is 2.80. The molecule has 0 aliphatic rings. The first kappa shape index (κ1) is 11.2. The first-order valence-electron chi connectivity index (χ1n) is 5.22. The van der Waals surface area contributed by atoms with Gasteiger partial charge in [0, 0.05) is 17.3 Å². The predicted molar refractivity (Wildman–Crippen MR) is 66.2 cm³/mol. The van der Waals surface area contributed by atoms with Crippen LogP contribution in [0, 0.1) is 6.07 Å². The second-order valence-corrected chi connectivity index (χ2v) is 3.47. The monoisotopic (exact) mass is 226 g/mol. The summed E-state index contributed by atoms with van der Waals surface area (Å²) in [6, 6.07) is 17.2. The molecule has 0 atom stereocenters. The number of para-hydroxylation sites is 1. The SMILES string of the molecule is COc1[c]ccc(C(=O)Nc2ccccc2)c1. The molecule has 0 saturated carbocycles. The smallest absolute Gasteiger partial charge is 0.255 e. The Morgan fingerprint density at radius 3 is 2.71 bits per heavy atom. The summed E-state index contributed by atoms with van der Waals surface area (Å²) in [5.41, 5.74) is 1.31. The van der Waals surface area contributed by atoms with Gasteiger partial charge in [-0.2, -0.15) is 0 Å². The molecular weight excluding hydrogens is 214 g/mol. The molecule has 0 aromatic heterocycles. The molecule has 0 saturated heterocycles.